The lowest BCUT2D eigenvalue weighted by molar-refractivity contribution is -0.163. The highest BCUT2D eigenvalue weighted by Gasteiger charge is 2.46. The molecule has 0 amide bonds. The third-order valence-electron chi connectivity index (χ3n) is 3.13. The summed E-state index contributed by atoms with van der Waals surface area (Å²) in [7, 11) is 4.04. The molecule has 0 saturated carbocycles. The van der Waals surface area contributed by atoms with Crippen molar-refractivity contribution >= 4 is 11.9 Å². The first-order valence-corrected chi connectivity index (χ1v) is 6.00. The second kappa shape index (κ2) is 6.89. The number of benzene rings is 1. The van der Waals surface area contributed by atoms with Crippen molar-refractivity contribution in [1.82, 2.24) is 5.32 Å². The highest BCUT2D eigenvalue weighted by molar-refractivity contribution is 6.04. The fourth-order valence-electron chi connectivity index (χ4n) is 1.94. The molecule has 0 bridgehead atoms. The van der Waals surface area contributed by atoms with Gasteiger partial charge in [-0.25, -0.2) is 9.59 Å². The van der Waals surface area contributed by atoms with Crippen LogP contribution in [0.2, 0.25) is 0 Å². The van der Waals surface area contributed by atoms with Gasteiger partial charge in [-0.3, -0.25) is 5.32 Å². The van der Waals surface area contributed by atoms with Gasteiger partial charge in [0.2, 0.25) is 5.54 Å². The predicted octanol–water partition coefficient (Wildman–Crippen LogP) is 0.923. The minimum Gasteiger partial charge on any atom is -0.467 e. The molecule has 0 heterocycles. The lowest BCUT2D eigenvalue weighted by Crippen LogP contribution is -2.58. The number of ether oxygens (including phenoxy) is 2. The molecule has 19 heavy (non-hydrogen) atoms. The van der Waals surface area contributed by atoms with Crippen molar-refractivity contribution in [3.05, 3.63) is 35.9 Å². The van der Waals surface area contributed by atoms with E-state index in [9.17, 15) is 9.59 Å². The monoisotopic (exact) mass is 265 g/mol. The van der Waals surface area contributed by atoms with E-state index in [0.29, 0.717) is 6.42 Å². The van der Waals surface area contributed by atoms with Crippen LogP contribution < -0.4 is 5.32 Å². The summed E-state index contributed by atoms with van der Waals surface area (Å²) in [5, 5.41) is 2.74. The van der Waals surface area contributed by atoms with Crippen molar-refractivity contribution in [2.75, 3.05) is 21.3 Å². The Balaban J connectivity index is 2.91. The Kier molecular flexibility index (Phi) is 5.51. The highest BCUT2D eigenvalue weighted by atomic mass is 16.5. The molecule has 1 aromatic rings. The van der Waals surface area contributed by atoms with E-state index in [2.05, 4.69) is 5.32 Å². The zero-order chi connectivity index (χ0) is 14.3. The maximum Gasteiger partial charge on any atom is 0.337 e. The van der Waals surface area contributed by atoms with Gasteiger partial charge in [-0.05, 0) is 25.5 Å². The molecule has 1 aromatic carbocycles. The molecular weight excluding hydrogens is 246 g/mol. The Morgan fingerprint density at radius 1 is 1.11 bits per heavy atom. The van der Waals surface area contributed by atoms with E-state index in [-0.39, 0.29) is 6.42 Å². The molecule has 0 aliphatic carbocycles. The largest absolute Gasteiger partial charge is 0.467 e. The Morgan fingerprint density at radius 2 is 1.63 bits per heavy atom. The molecule has 0 saturated heterocycles. The molecule has 5 nitrogen and oxygen atoms in total. The maximum absolute atomic E-state index is 11.9. The Hall–Kier alpha value is -1.88. The number of methoxy groups -OCH3 is 2. The molecule has 0 unspecified atom stereocenters. The minimum absolute atomic E-state index is 0.271. The quantitative estimate of drug-likeness (QED) is 0.612. The molecule has 0 aliphatic heterocycles. The zero-order valence-corrected chi connectivity index (χ0v) is 11.4. The molecule has 0 aliphatic rings. The van der Waals surface area contributed by atoms with Crippen LogP contribution in [0.15, 0.2) is 30.3 Å². The van der Waals surface area contributed by atoms with Gasteiger partial charge in [-0.1, -0.05) is 30.3 Å². The van der Waals surface area contributed by atoms with Crippen molar-refractivity contribution in [2.24, 2.45) is 0 Å². The first-order valence-electron chi connectivity index (χ1n) is 6.00. The first-order chi connectivity index (χ1) is 9.10. The van der Waals surface area contributed by atoms with Crippen LogP contribution in [0.3, 0.4) is 0 Å². The van der Waals surface area contributed by atoms with Gasteiger partial charge >= 0.3 is 11.9 Å². The summed E-state index contributed by atoms with van der Waals surface area (Å²) >= 11 is 0. The molecule has 1 N–H and O–H groups in total. The average molecular weight is 265 g/mol. The van der Waals surface area contributed by atoms with Gasteiger partial charge in [0.1, 0.15) is 0 Å². The van der Waals surface area contributed by atoms with Gasteiger partial charge in [-0.2, -0.15) is 0 Å². The number of carbonyl (C=O) groups is 2. The van der Waals surface area contributed by atoms with Crippen molar-refractivity contribution < 1.29 is 19.1 Å². The van der Waals surface area contributed by atoms with Crippen molar-refractivity contribution in [2.45, 2.75) is 18.4 Å². The van der Waals surface area contributed by atoms with Crippen LogP contribution in [-0.4, -0.2) is 38.7 Å². The van der Waals surface area contributed by atoms with E-state index in [0.717, 1.165) is 5.56 Å². The summed E-state index contributed by atoms with van der Waals surface area (Å²) in [5.74, 6) is -1.28. The van der Waals surface area contributed by atoms with E-state index in [4.69, 9.17) is 9.47 Å². The average Bonchev–Trinajstić information content (AvgIpc) is 2.48. The standard InChI is InChI=1S/C14H19NO4/c1-15-14(12(16)18-2,13(17)19-3)10-9-11-7-5-4-6-8-11/h4-8,15H,9-10H2,1-3H3. The number of carbonyl (C=O) groups excluding carboxylic acids is 2. The lowest BCUT2D eigenvalue weighted by Gasteiger charge is -2.27. The smallest absolute Gasteiger partial charge is 0.337 e. The molecule has 0 atom stereocenters. The molecular formula is C14H19NO4. The third-order valence-corrected chi connectivity index (χ3v) is 3.13. The van der Waals surface area contributed by atoms with Crippen molar-refractivity contribution in [3.63, 3.8) is 0 Å². The maximum atomic E-state index is 11.9. The van der Waals surface area contributed by atoms with Gasteiger partial charge < -0.3 is 9.47 Å². The molecule has 5 heteroatoms. The van der Waals surface area contributed by atoms with Crippen LogP contribution >= 0.6 is 0 Å². The van der Waals surface area contributed by atoms with Gasteiger partial charge in [-0.15, -0.1) is 0 Å². The van der Waals surface area contributed by atoms with Crippen LogP contribution in [0, 0.1) is 0 Å². The lowest BCUT2D eigenvalue weighted by atomic mass is 9.91. The molecule has 0 aromatic heterocycles. The summed E-state index contributed by atoms with van der Waals surface area (Å²) in [6, 6.07) is 9.61. The topological polar surface area (TPSA) is 64.6 Å². The Bertz CT molecular complexity index is 414. The second-order valence-corrected chi connectivity index (χ2v) is 4.12. The molecule has 104 valence electrons. The minimum atomic E-state index is -1.46. The van der Waals surface area contributed by atoms with Gasteiger partial charge in [0, 0.05) is 0 Å². The summed E-state index contributed by atoms with van der Waals surface area (Å²) in [6.45, 7) is 0. The number of nitrogens with one attached hydrogen (secondary N) is 1. The number of hydrogen-bond acceptors (Lipinski definition) is 5. The van der Waals surface area contributed by atoms with Crippen molar-refractivity contribution in [1.29, 1.82) is 0 Å². The number of hydrogen-bond donors (Lipinski definition) is 1. The molecule has 0 radical (unpaired) electrons. The first kappa shape index (κ1) is 15.2. The summed E-state index contributed by atoms with van der Waals surface area (Å²) < 4.78 is 9.43. The predicted molar refractivity (Wildman–Crippen MR) is 70.6 cm³/mol. The van der Waals surface area contributed by atoms with E-state index in [1.807, 2.05) is 30.3 Å². The van der Waals surface area contributed by atoms with Crippen LogP contribution in [0.4, 0.5) is 0 Å². The SMILES string of the molecule is CNC(CCc1ccccc1)(C(=O)OC)C(=O)OC. The fourth-order valence-corrected chi connectivity index (χ4v) is 1.94. The normalized spacial score (nSPS) is 10.9. The van der Waals surface area contributed by atoms with E-state index in [1.54, 1.807) is 7.05 Å². The third kappa shape index (κ3) is 3.32. The highest BCUT2D eigenvalue weighted by Crippen LogP contribution is 2.18. The molecule has 0 fully saturated rings. The second-order valence-electron chi connectivity index (χ2n) is 4.12. The fraction of sp³-hybridized carbons (Fsp3) is 0.429. The Morgan fingerprint density at radius 3 is 2.05 bits per heavy atom. The molecule has 0 spiro atoms. The van der Waals surface area contributed by atoms with Crippen molar-refractivity contribution in [3.8, 4) is 0 Å². The number of aryl methyl sites for hydroxylation is 1. The summed E-state index contributed by atoms with van der Waals surface area (Å²) in [5.41, 5.74) is -0.422. The summed E-state index contributed by atoms with van der Waals surface area (Å²) in [4.78, 5) is 23.8. The van der Waals surface area contributed by atoms with Crippen LogP contribution in [0.1, 0.15) is 12.0 Å². The Labute approximate surface area is 112 Å². The zero-order valence-electron chi connectivity index (χ0n) is 11.4. The summed E-state index contributed by atoms with van der Waals surface area (Å²) in [6.07, 6.45) is 0.832. The van der Waals surface area contributed by atoms with E-state index in [1.165, 1.54) is 14.2 Å². The van der Waals surface area contributed by atoms with Gasteiger partial charge in [0.25, 0.3) is 0 Å². The molecule has 1 rings (SSSR count). The number of likely N-dealkylation sites (N-methyl/N-ethyl adjacent to an activating group) is 1. The van der Waals surface area contributed by atoms with E-state index >= 15 is 0 Å². The van der Waals surface area contributed by atoms with Crippen LogP contribution in [0.25, 0.3) is 0 Å². The van der Waals surface area contributed by atoms with Gasteiger partial charge in [0.05, 0.1) is 14.2 Å². The van der Waals surface area contributed by atoms with Crippen LogP contribution in [-0.2, 0) is 25.5 Å². The number of esters is 2. The number of rotatable bonds is 6. The van der Waals surface area contributed by atoms with E-state index < -0.39 is 17.5 Å². The van der Waals surface area contributed by atoms with Crippen LogP contribution in [0.5, 0.6) is 0 Å². The van der Waals surface area contributed by atoms with Gasteiger partial charge in [0.15, 0.2) is 0 Å².